The van der Waals surface area contributed by atoms with E-state index in [0.29, 0.717) is 17.9 Å². The molecule has 1 atom stereocenters. The van der Waals surface area contributed by atoms with Gasteiger partial charge in [0.1, 0.15) is 17.1 Å². The number of sulfone groups is 1. The highest BCUT2D eigenvalue weighted by Gasteiger charge is 2.33. The van der Waals surface area contributed by atoms with Crippen LogP contribution in [0.3, 0.4) is 0 Å². The van der Waals surface area contributed by atoms with Crippen LogP contribution in [0.1, 0.15) is 16.8 Å². The number of benzene rings is 2. The number of hydrogen-bond donors (Lipinski definition) is 0. The maximum absolute atomic E-state index is 12.4. The summed E-state index contributed by atoms with van der Waals surface area (Å²) in [6, 6.07) is 15.2. The second-order valence-corrected chi connectivity index (χ2v) is 8.78. The van der Waals surface area contributed by atoms with E-state index in [1.54, 1.807) is 36.4 Å². The van der Waals surface area contributed by atoms with Crippen LogP contribution in [0.25, 0.3) is 0 Å². The van der Waals surface area contributed by atoms with Crippen molar-refractivity contribution in [3.8, 4) is 11.5 Å². The molecule has 1 fully saturated rings. The molecule has 0 bridgehead atoms. The predicted octanol–water partition coefficient (Wildman–Crippen LogP) is 2.28. The minimum absolute atomic E-state index is 0.0586. The average molecular weight is 403 g/mol. The van der Waals surface area contributed by atoms with Gasteiger partial charge >= 0.3 is 5.97 Å². The van der Waals surface area contributed by atoms with Crippen LogP contribution in [0.2, 0.25) is 0 Å². The molecule has 1 aliphatic heterocycles. The number of amides is 1. The summed E-state index contributed by atoms with van der Waals surface area (Å²) in [5, 5.41) is 0. The molecule has 2 aromatic rings. The molecule has 0 aliphatic carbocycles. The number of hydrogen-bond acceptors (Lipinski definition) is 6. The van der Waals surface area contributed by atoms with Crippen molar-refractivity contribution in [2.24, 2.45) is 0 Å². The first kappa shape index (κ1) is 19.9. The molecule has 148 valence electrons. The number of esters is 1. The van der Waals surface area contributed by atoms with Gasteiger partial charge in [0.05, 0.1) is 11.5 Å². The first-order valence-corrected chi connectivity index (χ1v) is 10.6. The third-order valence-electron chi connectivity index (χ3n) is 4.55. The number of rotatable bonds is 6. The minimum atomic E-state index is -3.10. The largest absolute Gasteiger partial charge is 0.456 e. The fourth-order valence-electron chi connectivity index (χ4n) is 2.93. The van der Waals surface area contributed by atoms with Crippen molar-refractivity contribution in [1.29, 1.82) is 0 Å². The number of ether oxygens (including phenoxy) is 2. The van der Waals surface area contributed by atoms with Gasteiger partial charge in [-0.1, -0.05) is 30.3 Å². The molecule has 1 aliphatic rings. The maximum atomic E-state index is 12.4. The van der Waals surface area contributed by atoms with E-state index in [1.165, 1.54) is 11.9 Å². The van der Waals surface area contributed by atoms with Gasteiger partial charge in [-0.2, -0.15) is 0 Å². The first-order valence-electron chi connectivity index (χ1n) is 8.81. The second-order valence-electron chi connectivity index (χ2n) is 6.55. The zero-order chi connectivity index (χ0) is 20.1. The van der Waals surface area contributed by atoms with Gasteiger partial charge in [0.15, 0.2) is 16.4 Å². The van der Waals surface area contributed by atoms with Crippen molar-refractivity contribution in [3.05, 3.63) is 60.2 Å². The number of carbonyl (C=O) groups is 2. The van der Waals surface area contributed by atoms with E-state index in [4.69, 9.17) is 9.47 Å². The maximum Gasteiger partial charge on any atom is 0.342 e. The van der Waals surface area contributed by atoms with Crippen molar-refractivity contribution in [3.63, 3.8) is 0 Å². The molecule has 3 rings (SSSR count). The van der Waals surface area contributed by atoms with Gasteiger partial charge in [-0.3, -0.25) is 4.79 Å². The summed E-state index contributed by atoms with van der Waals surface area (Å²) >= 11 is 0. The average Bonchev–Trinajstić information content (AvgIpc) is 3.06. The first-order chi connectivity index (χ1) is 13.4. The fourth-order valence-corrected chi connectivity index (χ4v) is 4.71. The Morgan fingerprint density at radius 3 is 2.43 bits per heavy atom. The summed E-state index contributed by atoms with van der Waals surface area (Å²) in [5.41, 5.74) is 0.199. The standard InChI is InChI=1S/C20H21NO6S/c1-21(15-11-12-28(24,25)14-15)19(22)13-26-20(23)17-9-5-6-10-18(17)27-16-7-3-2-4-8-16/h2-10,15H,11-14H2,1H3/t15-/m0/s1. The van der Waals surface area contributed by atoms with E-state index < -0.39 is 28.3 Å². The van der Waals surface area contributed by atoms with Crippen LogP contribution in [-0.2, 0) is 19.4 Å². The van der Waals surface area contributed by atoms with E-state index >= 15 is 0 Å². The van der Waals surface area contributed by atoms with E-state index in [0.717, 1.165) is 0 Å². The van der Waals surface area contributed by atoms with Gasteiger partial charge in [0.25, 0.3) is 5.91 Å². The molecule has 7 nitrogen and oxygen atoms in total. The van der Waals surface area contributed by atoms with E-state index in [2.05, 4.69) is 0 Å². The molecule has 0 unspecified atom stereocenters. The lowest BCUT2D eigenvalue weighted by Crippen LogP contribution is -2.40. The van der Waals surface area contributed by atoms with Crippen LogP contribution in [0.15, 0.2) is 54.6 Å². The third-order valence-corrected chi connectivity index (χ3v) is 6.30. The van der Waals surface area contributed by atoms with Gasteiger partial charge < -0.3 is 14.4 Å². The van der Waals surface area contributed by atoms with Crippen molar-refractivity contribution >= 4 is 21.7 Å². The van der Waals surface area contributed by atoms with E-state index in [9.17, 15) is 18.0 Å². The molecule has 0 radical (unpaired) electrons. The summed E-state index contributed by atoms with van der Waals surface area (Å²) in [4.78, 5) is 26.1. The highest BCUT2D eigenvalue weighted by atomic mass is 32.2. The molecule has 0 saturated carbocycles. The van der Waals surface area contributed by atoms with Crippen LogP contribution in [0, 0.1) is 0 Å². The number of para-hydroxylation sites is 2. The van der Waals surface area contributed by atoms with Gasteiger partial charge in [-0.25, -0.2) is 13.2 Å². The number of carbonyl (C=O) groups excluding carboxylic acids is 2. The Kier molecular flexibility index (Phi) is 5.99. The molecule has 1 amide bonds. The van der Waals surface area contributed by atoms with E-state index in [1.807, 2.05) is 18.2 Å². The van der Waals surface area contributed by atoms with Crippen LogP contribution in [0.4, 0.5) is 0 Å². The molecule has 1 saturated heterocycles. The second kappa shape index (κ2) is 8.43. The molecule has 0 spiro atoms. The zero-order valence-corrected chi connectivity index (χ0v) is 16.2. The summed E-state index contributed by atoms with van der Waals surface area (Å²) < 4.78 is 34.0. The Morgan fingerprint density at radius 2 is 1.75 bits per heavy atom. The molecular weight excluding hydrogens is 382 g/mol. The molecule has 1 heterocycles. The molecule has 8 heteroatoms. The summed E-state index contributed by atoms with van der Waals surface area (Å²) in [5.74, 6) is -0.234. The summed E-state index contributed by atoms with van der Waals surface area (Å²) in [6.07, 6.45) is 0.395. The number of likely N-dealkylation sites (N-methyl/N-ethyl adjacent to an activating group) is 1. The Balaban J connectivity index is 1.61. The van der Waals surface area contributed by atoms with Crippen molar-refractivity contribution in [2.75, 3.05) is 25.2 Å². The van der Waals surface area contributed by atoms with Crippen molar-refractivity contribution in [2.45, 2.75) is 12.5 Å². The van der Waals surface area contributed by atoms with E-state index in [-0.39, 0.29) is 23.1 Å². The van der Waals surface area contributed by atoms with Gasteiger partial charge in [0, 0.05) is 13.1 Å². The molecular formula is C20H21NO6S. The Labute approximate surface area is 163 Å². The fraction of sp³-hybridized carbons (Fsp3) is 0.300. The highest BCUT2D eigenvalue weighted by Crippen LogP contribution is 2.25. The van der Waals surface area contributed by atoms with Crippen LogP contribution < -0.4 is 4.74 Å². The lowest BCUT2D eigenvalue weighted by molar-refractivity contribution is -0.134. The number of nitrogens with zero attached hydrogens (tertiary/aromatic N) is 1. The quantitative estimate of drug-likeness (QED) is 0.688. The zero-order valence-electron chi connectivity index (χ0n) is 15.4. The Bertz CT molecular complexity index is 958. The smallest absolute Gasteiger partial charge is 0.342 e. The summed E-state index contributed by atoms with van der Waals surface area (Å²) in [7, 11) is -1.58. The Morgan fingerprint density at radius 1 is 1.07 bits per heavy atom. The van der Waals surface area contributed by atoms with Crippen LogP contribution >= 0.6 is 0 Å². The van der Waals surface area contributed by atoms with Crippen LogP contribution in [-0.4, -0.2) is 56.4 Å². The predicted molar refractivity (Wildman–Crippen MR) is 103 cm³/mol. The van der Waals surface area contributed by atoms with Gasteiger partial charge in [-0.05, 0) is 30.7 Å². The lowest BCUT2D eigenvalue weighted by Gasteiger charge is -2.23. The van der Waals surface area contributed by atoms with Gasteiger partial charge in [0.2, 0.25) is 0 Å². The Hall–Kier alpha value is -2.87. The monoisotopic (exact) mass is 403 g/mol. The molecule has 2 aromatic carbocycles. The topological polar surface area (TPSA) is 90.0 Å². The van der Waals surface area contributed by atoms with Gasteiger partial charge in [-0.15, -0.1) is 0 Å². The summed E-state index contributed by atoms with van der Waals surface area (Å²) in [6.45, 7) is -0.467. The minimum Gasteiger partial charge on any atom is -0.456 e. The molecule has 0 N–H and O–H groups in total. The SMILES string of the molecule is CN(C(=O)COC(=O)c1ccccc1Oc1ccccc1)[C@H]1CCS(=O)(=O)C1. The highest BCUT2D eigenvalue weighted by molar-refractivity contribution is 7.91. The normalized spacial score (nSPS) is 17.7. The van der Waals surface area contributed by atoms with Crippen molar-refractivity contribution in [1.82, 2.24) is 4.90 Å². The van der Waals surface area contributed by atoms with Crippen LogP contribution in [0.5, 0.6) is 11.5 Å². The lowest BCUT2D eigenvalue weighted by atomic mass is 10.2. The van der Waals surface area contributed by atoms with Crippen molar-refractivity contribution < 1.29 is 27.5 Å². The third kappa shape index (κ3) is 4.89. The molecule has 0 aromatic heterocycles. The molecule has 28 heavy (non-hydrogen) atoms.